The van der Waals surface area contributed by atoms with E-state index in [9.17, 15) is 9.18 Å². The number of nitrogens with one attached hydrogen (secondary N) is 1. The van der Waals surface area contributed by atoms with E-state index in [-0.39, 0.29) is 12.5 Å². The Balaban J connectivity index is 1.92. The minimum Gasteiger partial charge on any atom is -0.349 e. The molecule has 0 spiro atoms. The Kier molecular flexibility index (Phi) is 5.47. The minimum atomic E-state index is -1.33. The van der Waals surface area contributed by atoms with Gasteiger partial charge in [-0.05, 0) is 37.6 Å². The average molecular weight is 333 g/mol. The Morgan fingerprint density at radius 3 is 2.38 bits per heavy atom. The topological polar surface area (TPSA) is 32.3 Å². The third-order valence-corrected chi connectivity index (χ3v) is 4.33. The van der Waals surface area contributed by atoms with Gasteiger partial charge in [-0.2, -0.15) is 0 Å². The van der Waals surface area contributed by atoms with E-state index in [1.54, 1.807) is 6.07 Å². The number of amides is 1. The molecule has 2 rings (SSSR count). The van der Waals surface area contributed by atoms with Crippen molar-refractivity contribution in [3.05, 3.63) is 33.8 Å². The van der Waals surface area contributed by atoms with Crippen molar-refractivity contribution in [1.29, 1.82) is 0 Å². The number of rotatable bonds is 4. The molecule has 116 valence electrons. The highest BCUT2D eigenvalue weighted by Gasteiger charge is 2.34. The van der Waals surface area contributed by atoms with E-state index in [0.717, 1.165) is 19.6 Å². The van der Waals surface area contributed by atoms with Crippen LogP contribution in [0.5, 0.6) is 0 Å². The number of alkyl halides is 1. The Bertz CT molecular complexity index is 496. The Labute approximate surface area is 134 Å². The Morgan fingerprint density at radius 1 is 1.29 bits per heavy atom. The summed E-state index contributed by atoms with van der Waals surface area (Å²) >= 11 is 11.7. The van der Waals surface area contributed by atoms with Crippen molar-refractivity contribution >= 4 is 29.1 Å². The van der Waals surface area contributed by atoms with E-state index >= 15 is 0 Å². The van der Waals surface area contributed by atoms with Gasteiger partial charge in [-0.3, -0.25) is 4.79 Å². The molecule has 0 unspecified atom stereocenters. The second-order valence-electron chi connectivity index (χ2n) is 5.43. The molecule has 1 aromatic rings. The molecule has 1 aromatic carbocycles. The number of carbonyl (C=O) groups excluding carboxylic acids is 1. The largest absolute Gasteiger partial charge is 0.349 e. The molecule has 1 fully saturated rings. The highest BCUT2D eigenvalue weighted by molar-refractivity contribution is 6.35. The van der Waals surface area contributed by atoms with Crippen LogP contribution in [0.15, 0.2) is 18.2 Å². The molecule has 0 atom stereocenters. The fraction of sp³-hybridized carbons (Fsp3) is 0.533. The maximum absolute atomic E-state index is 14.6. The highest BCUT2D eigenvalue weighted by atomic mass is 35.5. The number of hydrogen-bond donors (Lipinski definition) is 1. The zero-order chi connectivity index (χ0) is 15.5. The monoisotopic (exact) mass is 332 g/mol. The molecular weight excluding hydrogens is 314 g/mol. The molecule has 1 saturated heterocycles. The third-order valence-electron chi connectivity index (χ3n) is 3.89. The maximum Gasteiger partial charge on any atom is 0.251 e. The van der Waals surface area contributed by atoms with Crippen LogP contribution in [0.4, 0.5) is 4.39 Å². The quantitative estimate of drug-likeness (QED) is 0.914. The van der Waals surface area contributed by atoms with Crippen molar-refractivity contribution < 1.29 is 9.18 Å². The first-order chi connectivity index (χ1) is 9.92. The Morgan fingerprint density at radius 2 is 1.86 bits per heavy atom. The summed E-state index contributed by atoms with van der Waals surface area (Å²) in [5, 5.41) is 3.42. The first-order valence-electron chi connectivity index (χ1n) is 7.07. The van der Waals surface area contributed by atoms with Crippen molar-refractivity contribution in [2.75, 3.05) is 26.2 Å². The van der Waals surface area contributed by atoms with Crippen LogP contribution in [-0.4, -0.2) is 42.7 Å². The van der Waals surface area contributed by atoms with E-state index in [1.165, 1.54) is 12.1 Å². The van der Waals surface area contributed by atoms with Crippen LogP contribution in [0.1, 0.15) is 30.1 Å². The SMILES string of the molecule is CCN1CCC(F)(CNC(=O)c2cc(Cl)cc(Cl)c2)CC1. The van der Waals surface area contributed by atoms with Gasteiger partial charge in [0.15, 0.2) is 0 Å². The highest BCUT2D eigenvalue weighted by Crippen LogP contribution is 2.26. The molecule has 0 bridgehead atoms. The fourth-order valence-electron chi connectivity index (χ4n) is 2.47. The standard InChI is InChI=1S/C15H19Cl2FN2O/c1-2-20-5-3-15(18,4-6-20)10-19-14(21)11-7-12(16)9-13(17)8-11/h7-9H,2-6,10H2,1H3,(H,19,21). The van der Waals surface area contributed by atoms with E-state index in [0.29, 0.717) is 28.5 Å². The summed E-state index contributed by atoms with van der Waals surface area (Å²) in [6.45, 7) is 4.48. The molecule has 0 radical (unpaired) electrons. The summed E-state index contributed by atoms with van der Waals surface area (Å²) < 4.78 is 14.6. The summed E-state index contributed by atoms with van der Waals surface area (Å²) in [6.07, 6.45) is 0.884. The molecule has 0 aromatic heterocycles. The summed E-state index contributed by atoms with van der Waals surface area (Å²) in [4.78, 5) is 14.3. The number of likely N-dealkylation sites (tertiary alicyclic amines) is 1. The van der Waals surface area contributed by atoms with Gasteiger partial charge in [0, 0.05) is 28.7 Å². The van der Waals surface area contributed by atoms with E-state index in [4.69, 9.17) is 23.2 Å². The lowest BCUT2D eigenvalue weighted by Crippen LogP contribution is -2.48. The number of nitrogens with zero attached hydrogens (tertiary/aromatic N) is 1. The lowest BCUT2D eigenvalue weighted by molar-refractivity contribution is 0.0564. The molecule has 1 aliphatic rings. The van der Waals surface area contributed by atoms with Crippen molar-refractivity contribution in [2.45, 2.75) is 25.4 Å². The molecule has 1 N–H and O–H groups in total. The zero-order valence-corrected chi connectivity index (χ0v) is 13.5. The first kappa shape index (κ1) is 16.5. The average Bonchev–Trinajstić information content (AvgIpc) is 2.45. The van der Waals surface area contributed by atoms with Gasteiger partial charge in [0.2, 0.25) is 0 Å². The van der Waals surface area contributed by atoms with Gasteiger partial charge in [-0.15, -0.1) is 0 Å². The van der Waals surface area contributed by atoms with Gasteiger partial charge in [-0.25, -0.2) is 4.39 Å². The lowest BCUT2D eigenvalue weighted by Gasteiger charge is -2.35. The van der Waals surface area contributed by atoms with Gasteiger partial charge in [0.05, 0.1) is 6.54 Å². The number of carbonyl (C=O) groups is 1. The van der Waals surface area contributed by atoms with Gasteiger partial charge in [0.1, 0.15) is 5.67 Å². The van der Waals surface area contributed by atoms with Crippen molar-refractivity contribution in [2.24, 2.45) is 0 Å². The van der Waals surface area contributed by atoms with Gasteiger partial charge < -0.3 is 10.2 Å². The van der Waals surface area contributed by atoms with Crippen LogP contribution in [0.3, 0.4) is 0 Å². The summed E-state index contributed by atoms with van der Waals surface area (Å²) in [7, 11) is 0. The number of benzene rings is 1. The van der Waals surface area contributed by atoms with Gasteiger partial charge >= 0.3 is 0 Å². The smallest absolute Gasteiger partial charge is 0.251 e. The lowest BCUT2D eigenvalue weighted by atomic mass is 9.93. The number of halogens is 3. The molecule has 1 amide bonds. The molecule has 3 nitrogen and oxygen atoms in total. The predicted octanol–water partition coefficient (Wildman–Crippen LogP) is 3.55. The fourth-order valence-corrected chi connectivity index (χ4v) is 3.00. The Hall–Kier alpha value is -0.840. The van der Waals surface area contributed by atoms with Crippen molar-refractivity contribution in [1.82, 2.24) is 10.2 Å². The summed E-state index contributed by atoms with van der Waals surface area (Å²) in [6, 6.07) is 4.59. The number of piperidine rings is 1. The van der Waals surface area contributed by atoms with E-state index in [2.05, 4.69) is 17.1 Å². The summed E-state index contributed by atoms with van der Waals surface area (Å²) in [5.41, 5.74) is -0.981. The molecule has 1 aliphatic heterocycles. The van der Waals surface area contributed by atoms with Crippen LogP contribution in [0.2, 0.25) is 10.0 Å². The normalized spacial score (nSPS) is 18.5. The van der Waals surface area contributed by atoms with E-state index in [1.807, 2.05) is 0 Å². The van der Waals surface area contributed by atoms with Crippen LogP contribution in [0.25, 0.3) is 0 Å². The van der Waals surface area contributed by atoms with Crippen LogP contribution in [-0.2, 0) is 0 Å². The van der Waals surface area contributed by atoms with Crippen LogP contribution < -0.4 is 5.32 Å². The molecule has 21 heavy (non-hydrogen) atoms. The van der Waals surface area contributed by atoms with Gasteiger partial charge in [-0.1, -0.05) is 30.1 Å². The van der Waals surface area contributed by atoms with Crippen molar-refractivity contribution in [3.8, 4) is 0 Å². The van der Waals surface area contributed by atoms with Gasteiger partial charge in [0.25, 0.3) is 5.91 Å². The third kappa shape index (κ3) is 4.56. The molecule has 1 heterocycles. The second kappa shape index (κ2) is 6.95. The number of hydrogen-bond acceptors (Lipinski definition) is 2. The zero-order valence-electron chi connectivity index (χ0n) is 12.0. The molecule has 0 saturated carbocycles. The maximum atomic E-state index is 14.6. The van der Waals surface area contributed by atoms with Crippen LogP contribution >= 0.6 is 23.2 Å². The summed E-state index contributed by atoms with van der Waals surface area (Å²) in [5.74, 6) is -0.352. The minimum absolute atomic E-state index is 0.0213. The molecule has 0 aliphatic carbocycles. The molecular formula is C15H19Cl2FN2O. The second-order valence-corrected chi connectivity index (χ2v) is 6.30. The van der Waals surface area contributed by atoms with Crippen LogP contribution in [0, 0.1) is 0 Å². The molecule has 6 heteroatoms. The predicted molar refractivity (Wildman–Crippen MR) is 84.0 cm³/mol. The van der Waals surface area contributed by atoms with E-state index < -0.39 is 5.67 Å². The first-order valence-corrected chi connectivity index (χ1v) is 7.83. The van der Waals surface area contributed by atoms with Crippen molar-refractivity contribution in [3.63, 3.8) is 0 Å².